The van der Waals surface area contributed by atoms with E-state index in [1.54, 1.807) is 66.7 Å². The molecule has 9 heteroatoms. The average Bonchev–Trinajstić information content (AvgIpc) is 2.86. The Balaban J connectivity index is 1.89. The van der Waals surface area contributed by atoms with Crippen LogP contribution in [0.4, 0.5) is 0 Å². The van der Waals surface area contributed by atoms with Crippen LogP contribution in [0.3, 0.4) is 0 Å². The topological polar surface area (TPSA) is 34.1 Å². The van der Waals surface area contributed by atoms with Crippen molar-refractivity contribution in [1.82, 2.24) is 0 Å². The second kappa shape index (κ2) is 12.2. The smallest absolute Gasteiger partial charge is 0.214 e. The lowest BCUT2D eigenvalue weighted by Gasteiger charge is -2.16. The fourth-order valence-electron chi connectivity index (χ4n) is 2.85. The van der Waals surface area contributed by atoms with Crippen molar-refractivity contribution in [2.75, 3.05) is 0 Å². The van der Waals surface area contributed by atoms with Crippen LogP contribution >= 0.6 is 70.1 Å². The summed E-state index contributed by atoms with van der Waals surface area (Å²) in [6.07, 6.45) is 0. The van der Waals surface area contributed by atoms with E-state index in [1.807, 2.05) is 36.4 Å². The number of hydrogen-bond donors (Lipinski definition) is 0. The molecule has 0 amide bonds. The summed E-state index contributed by atoms with van der Waals surface area (Å²) in [7, 11) is -3.85. The maximum Gasteiger partial charge on any atom is 0.214 e. The van der Waals surface area contributed by atoms with Crippen LogP contribution in [0.1, 0.15) is 0 Å². The van der Waals surface area contributed by atoms with Crippen LogP contribution in [0.25, 0.3) is 0 Å². The monoisotopic (exact) mass is 594 g/mol. The first-order valence-electron chi connectivity index (χ1n) is 10.2. The van der Waals surface area contributed by atoms with E-state index in [0.29, 0.717) is 19.3 Å². The Hall–Kier alpha value is -1.51. The molecule has 0 saturated carbocycles. The lowest BCUT2D eigenvalue weighted by Crippen LogP contribution is -2.04. The highest BCUT2D eigenvalue weighted by Crippen LogP contribution is 2.49. The van der Waals surface area contributed by atoms with Gasteiger partial charge in [0.05, 0.1) is 9.13 Å². The van der Waals surface area contributed by atoms with Gasteiger partial charge in [0.15, 0.2) is 0 Å². The fraction of sp³-hybridized carbons (Fsp3) is 0. The molecule has 2 nitrogen and oxygen atoms in total. The first-order valence-corrected chi connectivity index (χ1v) is 15.2. The molecule has 0 atom stereocenters. The van der Waals surface area contributed by atoms with Crippen LogP contribution in [0.2, 0.25) is 15.1 Å². The summed E-state index contributed by atoms with van der Waals surface area (Å²) in [5, 5.41) is 1.80. The van der Waals surface area contributed by atoms with Crippen molar-refractivity contribution in [1.29, 1.82) is 0 Å². The summed E-state index contributed by atoms with van der Waals surface area (Å²) in [5.74, 6) is 0. The molecule has 4 aromatic carbocycles. The van der Waals surface area contributed by atoms with E-state index in [0.717, 1.165) is 14.7 Å². The first kappa shape index (κ1) is 26.6. The van der Waals surface area contributed by atoms with Gasteiger partial charge in [-0.25, -0.2) is 8.42 Å². The molecule has 0 N–H and O–H groups in total. The molecule has 178 valence electrons. The van der Waals surface area contributed by atoms with Gasteiger partial charge in [-0.05, 0) is 84.9 Å². The molecule has 4 rings (SSSR count). The highest BCUT2D eigenvalue weighted by atomic mass is 35.5. The predicted octanol–water partition coefficient (Wildman–Crippen LogP) is 9.92. The van der Waals surface area contributed by atoms with Crippen molar-refractivity contribution in [3.8, 4) is 0 Å². The molecule has 0 heterocycles. The third-order valence-electron chi connectivity index (χ3n) is 4.54. The van der Waals surface area contributed by atoms with E-state index >= 15 is 0 Å². The highest BCUT2D eigenvalue weighted by molar-refractivity contribution is 8.26. The van der Waals surface area contributed by atoms with Gasteiger partial charge >= 0.3 is 0 Å². The van der Waals surface area contributed by atoms with Crippen molar-refractivity contribution in [2.45, 2.75) is 19.6 Å². The molecular weight excluding hydrogens is 579 g/mol. The predicted molar refractivity (Wildman–Crippen MR) is 153 cm³/mol. The van der Waals surface area contributed by atoms with E-state index < -0.39 is 9.84 Å². The summed E-state index contributed by atoms with van der Waals surface area (Å²) < 4.78 is 28.8. The van der Waals surface area contributed by atoms with E-state index in [-0.39, 0.29) is 9.13 Å². The second-order valence-corrected chi connectivity index (χ2v) is 14.0. The summed E-state index contributed by atoms with van der Waals surface area (Å²) in [5.41, 5.74) is 0. The van der Waals surface area contributed by atoms with Gasteiger partial charge in [-0.1, -0.05) is 88.3 Å². The van der Waals surface area contributed by atoms with Crippen LogP contribution in [-0.4, -0.2) is 8.42 Å². The lowest BCUT2D eigenvalue weighted by atomic mass is 10.4. The maximum atomic E-state index is 14.0. The van der Waals surface area contributed by atoms with E-state index in [9.17, 15) is 8.42 Å². The van der Waals surface area contributed by atoms with Crippen LogP contribution in [0, 0.1) is 0 Å². The van der Waals surface area contributed by atoms with Gasteiger partial charge in [-0.3, -0.25) is 0 Å². The van der Waals surface area contributed by atoms with Crippen LogP contribution in [-0.2, 0) is 9.84 Å². The quantitative estimate of drug-likeness (QED) is 0.189. The molecule has 4 aromatic rings. The number of rotatable bonds is 8. The lowest BCUT2D eigenvalue weighted by molar-refractivity contribution is 0.604. The van der Waals surface area contributed by atoms with Gasteiger partial charge in [-0.2, -0.15) is 0 Å². The Morgan fingerprint density at radius 3 is 1.29 bits per heavy atom. The standard InChI is InChI=1S/C26H17Cl3O2S4/c27-18-6-12-21(13-7-18)32-25(33-22-14-8-19(28)9-15-22)26(34-23-16-10-20(29)11-17-23)35(30,31)24-4-2-1-3-5-24/h1-17H. The summed E-state index contributed by atoms with van der Waals surface area (Å²) in [4.78, 5) is 2.71. The minimum atomic E-state index is -3.85. The highest BCUT2D eigenvalue weighted by Gasteiger charge is 2.27. The number of thioether (sulfide) groups is 3. The van der Waals surface area contributed by atoms with Gasteiger partial charge in [0.1, 0.15) is 4.24 Å². The number of sulfone groups is 1. The largest absolute Gasteiger partial charge is 0.218 e. The Kier molecular flexibility index (Phi) is 9.22. The molecule has 0 unspecified atom stereocenters. The van der Waals surface area contributed by atoms with Gasteiger partial charge in [0, 0.05) is 29.8 Å². The van der Waals surface area contributed by atoms with E-state index in [2.05, 4.69) is 0 Å². The summed E-state index contributed by atoms with van der Waals surface area (Å²) in [6.45, 7) is 0. The van der Waals surface area contributed by atoms with Crippen LogP contribution < -0.4 is 0 Å². The second-order valence-electron chi connectivity index (χ2n) is 7.06. The number of halogens is 3. The third-order valence-corrected chi connectivity index (χ3v) is 11.5. The Labute approximate surface area is 233 Å². The first-order chi connectivity index (χ1) is 16.8. The van der Waals surface area contributed by atoms with E-state index in [4.69, 9.17) is 34.8 Å². The van der Waals surface area contributed by atoms with Crippen molar-refractivity contribution >= 4 is 79.9 Å². The van der Waals surface area contributed by atoms with Crippen molar-refractivity contribution in [3.05, 3.63) is 127 Å². The molecule has 0 aromatic heterocycles. The Morgan fingerprint density at radius 1 is 0.514 bits per heavy atom. The van der Waals surface area contributed by atoms with E-state index in [1.165, 1.54) is 35.3 Å². The fourth-order valence-corrected chi connectivity index (χ4v) is 9.05. The molecule has 0 radical (unpaired) electrons. The van der Waals surface area contributed by atoms with Crippen molar-refractivity contribution in [3.63, 3.8) is 0 Å². The van der Waals surface area contributed by atoms with Crippen molar-refractivity contribution in [2.24, 2.45) is 0 Å². The SMILES string of the molecule is O=S(=O)(C(Sc1ccc(Cl)cc1)=C(Sc1ccc(Cl)cc1)Sc1ccc(Cl)cc1)c1ccccc1. The summed E-state index contributed by atoms with van der Waals surface area (Å²) >= 11 is 22.2. The number of benzene rings is 4. The van der Waals surface area contributed by atoms with Gasteiger partial charge in [-0.15, -0.1) is 0 Å². The van der Waals surface area contributed by atoms with Crippen LogP contribution in [0.5, 0.6) is 0 Å². The molecule has 0 fully saturated rings. The number of hydrogen-bond acceptors (Lipinski definition) is 5. The maximum absolute atomic E-state index is 14.0. The molecule has 35 heavy (non-hydrogen) atoms. The van der Waals surface area contributed by atoms with Gasteiger partial charge in [0.2, 0.25) is 9.84 Å². The van der Waals surface area contributed by atoms with Gasteiger partial charge in [0.25, 0.3) is 0 Å². The summed E-state index contributed by atoms with van der Waals surface area (Å²) in [6, 6.07) is 30.2. The zero-order valence-corrected chi connectivity index (χ0v) is 23.4. The average molecular weight is 596 g/mol. The molecule has 0 aliphatic rings. The molecule has 0 spiro atoms. The Morgan fingerprint density at radius 2 is 0.886 bits per heavy atom. The third kappa shape index (κ3) is 7.26. The zero-order chi connectivity index (χ0) is 24.8. The van der Waals surface area contributed by atoms with Crippen molar-refractivity contribution < 1.29 is 8.42 Å². The molecule has 0 saturated heterocycles. The normalized spacial score (nSPS) is 11.3. The minimum absolute atomic E-state index is 0.224. The molecule has 0 aliphatic heterocycles. The minimum Gasteiger partial charge on any atom is -0.218 e. The zero-order valence-electron chi connectivity index (χ0n) is 17.9. The van der Waals surface area contributed by atoms with Gasteiger partial charge < -0.3 is 0 Å². The molecule has 0 aliphatic carbocycles. The Bertz CT molecular complexity index is 1370. The molecular formula is C26H17Cl3O2S4. The van der Waals surface area contributed by atoms with Crippen LogP contribution in [0.15, 0.2) is 131 Å². The molecule has 0 bridgehead atoms.